The van der Waals surface area contributed by atoms with Crippen molar-refractivity contribution in [2.24, 2.45) is 0 Å². The van der Waals surface area contributed by atoms with Gasteiger partial charge in [0.1, 0.15) is 5.75 Å². The fourth-order valence-electron chi connectivity index (χ4n) is 1.96. The second-order valence-electron chi connectivity index (χ2n) is 4.68. The van der Waals surface area contributed by atoms with Crippen LogP contribution in [-0.4, -0.2) is 18.5 Å². The van der Waals surface area contributed by atoms with Crippen molar-refractivity contribution >= 4 is 11.9 Å². The van der Waals surface area contributed by atoms with Crippen molar-refractivity contribution in [3.8, 4) is 5.75 Å². The Morgan fingerprint density at radius 2 is 1.64 bits per heavy atom. The third-order valence-electron chi connectivity index (χ3n) is 3.12. The van der Waals surface area contributed by atoms with Crippen LogP contribution in [0.2, 0.25) is 0 Å². The van der Waals surface area contributed by atoms with Crippen LogP contribution in [0, 0.1) is 0 Å². The van der Waals surface area contributed by atoms with Gasteiger partial charge in [-0.05, 0) is 23.8 Å². The first-order chi connectivity index (χ1) is 10.7. The second-order valence-corrected chi connectivity index (χ2v) is 4.68. The average molecular weight is 298 g/mol. The normalized spacial score (nSPS) is 10.0. The first-order valence-corrected chi connectivity index (χ1v) is 7.21. The van der Waals surface area contributed by atoms with Crippen LogP contribution in [0.25, 0.3) is 0 Å². The van der Waals surface area contributed by atoms with E-state index in [-0.39, 0.29) is 6.42 Å². The Kier molecular flexibility index (Phi) is 5.72. The molecule has 0 aromatic heterocycles. The van der Waals surface area contributed by atoms with Gasteiger partial charge >= 0.3 is 11.9 Å². The van der Waals surface area contributed by atoms with Gasteiger partial charge in [0.05, 0.1) is 12.2 Å². The molecule has 0 aliphatic rings. The van der Waals surface area contributed by atoms with Gasteiger partial charge in [-0.1, -0.05) is 43.3 Å². The summed E-state index contributed by atoms with van der Waals surface area (Å²) < 4.78 is 10.4. The Labute approximate surface area is 129 Å². The average Bonchev–Trinajstić information content (AvgIpc) is 2.56. The molecule has 0 aliphatic carbocycles. The molecule has 0 fully saturated rings. The fourth-order valence-corrected chi connectivity index (χ4v) is 1.96. The molecule has 0 bridgehead atoms. The molecule has 0 atom stereocenters. The Morgan fingerprint density at radius 3 is 2.36 bits per heavy atom. The van der Waals surface area contributed by atoms with Crippen molar-refractivity contribution in [1.29, 1.82) is 0 Å². The van der Waals surface area contributed by atoms with Crippen molar-refractivity contribution in [3.63, 3.8) is 0 Å². The van der Waals surface area contributed by atoms with Gasteiger partial charge in [-0.2, -0.15) is 0 Å². The van der Waals surface area contributed by atoms with Crippen LogP contribution in [0.15, 0.2) is 54.6 Å². The topological polar surface area (TPSA) is 52.6 Å². The number of esters is 2. The molecule has 0 aliphatic heterocycles. The molecule has 4 nitrogen and oxygen atoms in total. The van der Waals surface area contributed by atoms with E-state index in [0.29, 0.717) is 18.6 Å². The van der Waals surface area contributed by atoms with E-state index in [4.69, 9.17) is 9.47 Å². The molecule has 0 N–H and O–H groups in total. The second kappa shape index (κ2) is 7.98. The monoisotopic (exact) mass is 298 g/mol. The Balaban J connectivity index is 1.99. The van der Waals surface area contributed by atoms with Gasteiger partial charge in [0.15, 0.2) is 0 Å². The number of para-hydroxylation sites is 1. The minimum absolute atomic E-state index is 0.172. The number of carbonyl (C=O) groups excluding carboxylic acids is 2. The van der Waals surface area contributed by atoms with Crippen molar-refractivity contribution in [2.45, 2.75) is 19.8 Å². The highest BCUT2D eigenvalue weighted by atomic mass is 16.6. The number of benzene rings is 2. The summed E-state index contributed by atoms with van der Waals surface area (Å²) in [5, 5.41) is 0. The largest absolute Gasteiger partial charge is 0.493 e. The molecule has 0 heterocycles. The highest BCUT2D eigenvalue weighted by molar-refractivity contribution is 5.97. The molecule has 114 valence electrons. The summed E-state index contributed by atoms with van der Waals surface area (Å²) in [5.41, 5.74) is 1.20. The number of hydrogen-bond donors (Lipinski definition) is 0. The molecule has 4 heteroatoms. The van der Waals surface area contributed by atoms with E-state index in [1.807, 2.05) is 42.5 Å². The van der Waals surface area contributed by atoms with E-state index in [1.54, 1.807) is 19.1 Å². The summed E-state index contributed by atoms with van der Waals surface area (Å²) in [6, 6.07) is 16.5. The van der Waals surface area contributed by atoms with E-state index >= 15 is 0 Å². The lowest BCUT2D eigenvalue weighted by molar-refractivity contribution is -0.137. The Morgan fingerprint density at radius 1 is 0.955 bits per heavy atom. The van der Waals surface area contributed by atoms with Crippen LogP contribution in [0.1, 0.15) is 29.3 Å². The maximum atomic E-state index is 12.0. The van der Waals surface area contributed by atoms with E-state index in [1.165, 1.54) is 0 Å². The minimum atomic E-state index is -0.609. The van der Waals surface area contributed by atoms with Gasteiger partial charge in [-0.15, -0.1) is 0 Å². The molecule has 0 saturated heterocycles. The zero-order valence-electron chi connectivity index (χ0n) is 12.5. The SMILES string of the molecule is CCC(=O)OC(=O)c1ccccc1CCOc1ccccc1. The lowest BCUT2D eigenvalue weighted by Crippen LogP contribution is -2.14. The van der Waals surface area contributed by atoms with Gasteiger partial charge in [0.25, 0.3) is 0 Å². The van der Waals surface area contributed by atoms with Crippen molar-refractivity contribution < 1.29 is 19.1 Å². The van der Waals surface area contributed by atoms with Gasteiger partial charge in [-0.25, -0.2) is 4.79 Å². The molecule has 0 saturated carbocycles. The molecule has 0 spiro atoms. The van der Waals surface area contributed by atoms with Crippen molar-refractivity contribution in [3.05, 3.63) is 65.7 Å². The fraction of sp³-hybridized carbons (Fsp3) is 0.222. The van der Waals surface area contributed by atoms with Crippen LogP contribution in [0.4, 0.5) is 0 Å². The van der Waals surface area contributed by atoms with Crippen molar-refractivity contribution in [2.75, 3.05) is 6.61 Å². The first kappa shape index (κ1) is 15.8. The van der Waals surface area contributed by atoms with Crippen LogP contribution >= 0.6 is 0 Å². The van der Waals surface area contributed by atoms with Crippen LogP contribution in [-0.2, 0) is 16.0 Å². The highest BCUT2D eigenvalue weighted by Gasteiger charge is 2.15. The zero-order valence-corrected chi connectivity index (χ0v) is 12.5. The molecule has 2 rings (SSSR count). The third kappa shape index (κ3) is 4.45. The van der Waals surface area contributed by atoms with Crippen LogP contribution in [0.5, 0.6) is 5.75 Å². The first-order valence-electron chi connectivity index (χ1n) is 7.21. The quantitative estimate of drug-likeness (QED) is 0.606. The Hall–Kier alpha value is -2.62. The smallest absolute Gasteiger partial charge is 0.346 e. The molecule has 2 aromatic carbocycles. The van der Waals surface area contributed by atoms with Gasteiger partial charge in [-0.3, -0.25) is 4.79 Å². The summed E-state index contributed by atoms with van der Waals surface area (Å²) in [6.07, 6.45) is 0.728. The van der Waals surface area contributed by atoms with Crippen molar-refractivity contribution in [1.82, 2.24) is 0 Å². The summed E-state index contributed by atoms with van der Waals surface area (Å²) >= 11 is 0. The van der Waals surface area contributed by atoms with Crippen LogP contribution < -0.4 is 4.74 Å². The van der Waals surface area contributed by atoms with Gasteiger partial charge in [0, 0.05) is 12.8 Å². The molecule has 2 aromatic rings. The molecule has 0 radical (unpaired) electrons. The molecular weight excluding hydrogens is 280 g/mol. The van der Waals surface area contributed by atoms with Gasteiger partial charge in [0.2, 0.25) is 0 Å². The summed E-state index contributed by atoms with van der Waals surface area (Å²) in [4.78, 5) is 23.2. The lowest BCUT2D eigenvalue weighted by Gasteiger charge is -2.09. The third-order valence-corrected chi connectivity index (χ3v) is 3.12. The molecular formula is C18H18O4. The summed E-state index contributed by atoms with van der Waals surface area (Å²) in [5.74, 6) is -0.355. The van der Waals surface area contributed by atoms with E-state index in [9.17, 15) is 9.59 Å². The lowest BCUT2D eigenvalue weighted by atomic mass is 10.1. The van der Waals surface area contributed by atoms with E-state index in [0.717, 1.165) is 11.3 Å². The number of hydrogen-bond acceptors (Lipinski definition) is 4. The molecule has 22 heavy (non-hydrogen) atoms. The predicted octanol–water partition coefficient (Wildman–Crippen LogP) is 3.40. The maximum absolute atomic E-state index is 12.0. The van der Waals surface area contributed by atoms with E-state index in [2.05, 4.69) is 0 Å². The number of ether oxygens (including phenoxy) is 2. The van der Waals surface area contributed by atoms with E-state index < -0.39 is 11.9 Å². The summed E-state index contributed by atoms with van der Waals surface area (Å²) in [7, 11) is 0. The number of rotatable bonds is 6. The minimum Gasteiger partial charge on any atom is -0.493 e. The standard InChI is InChI=1S/C18H18O4/c1-2-17(19)22-18(20)16-11-7-6-8-14(16)12-13-21-15-9-4-3-5-10-15/h3-11H,2,12-13H2,1H3. The molecule has 0 amide bonds. The predicted molar refractivity (Wildman–Crippen MR) is 82.8 cm³/mol. The Bertz CT molecular complexity index is 635. The summed E-state index contributed by atoms with van der Waals surface area (Å²) in [6.45, 7) is 2.09. The van der Waals surface area contributed by atoms with Crippen LogP contribution in [0.3, 0.4) is 0 Å². The highest BCUT2D eigenvalue weighted by Crippen LogP contribution is 2.14. The maximum Gasteiger partial charge on any atom is 0.346 e. The zero-order chi connectivity index (χ0) is 15.8. The number of carbonyl (C=O) groups is 2. The molecule has 0 unspecified atom stereocenters. The van der Waals surface area contributed by atoms with Gasteiger partial charge < -0.3 is 9.47 Å².